The number of nitrogens with zero attached hydrogens (tertiary/aromatic N) is 1. The van der Waals surface area contributed by atoms with Crippen molar-refractivity contribution in [1.29, 1.82) is 0 Å². The van der Waals surface area contributed by atoms with E-state index < -0.39 is 10.1 Å². The molecule has 6 heteroatoms. The quantitative estimate of drug-likeness (QED) is 0.676. The Morgan fingerprint density at radius 1 is 1.40 bits per heavy atom. The van der Waals surface area contributed by atoms with Crippen LogP contribution in [0, 0.1) is 0 Å². The van der Waals surface area contributed by atoms with Crippen molar-refractivity contribution in [2.45, 2.75) is 6.42 Å². The molecule has 0 atom stereocenters. The summed E-state index contributed by atoms with van der Waals surface area (Å²) in [6.45, 7) is 0. The maximum absolute atomic E-state index is 9.19. The van der Waals surface area contributed by atoms with Crippen molar-refractivity contribution in [3.8, 4) is 5.75 Å². The number of hydrogen-bond donors (Lipinski definition) is 1. The third-order valence-corrected chi connectivity index (χ3v) is 1.51. The minimum atomic E-state index is -3.67. The highest BCUT2D eigenvalue weighted by Crippen LogP contribution is 2.20. The Morgan fingerprint density at radius 2 is 2.00 bits per heavy atom. The molecule has 1 aromatic carbocycles. The summed E-state index contributed by atoms with van der Waals surface area (Å²) in [7, 11) is -3.67. The van der Waals surface area contributed by atoms with Gasteiger partial charge in [0.25, 0.3) is 10.1 Å². The second-order valence-corrected chi connectivity index (χ2v) is 4.39. The third kappa shape index (κ3) is 5.14. The van der Waals surface area contributed by atoms with Crippen LogP contribution in [-0.2, 0) is 16.5 Å². The van der Waals surface area contributed by atoms with Crippen molar-refractivity contribution >= 4 is 16.3 Å². The Bertz CT molecular complexity index is 418. The molecule has 0 fully saturated rings. The molecule has 0 aliphatic carbocycles. The lowest BCUT2D eigenvalue weighted by Crippen LogP contribution is -1.98. The van der Waals surface area contributed by atoms with Gasteiger partial charge in [-0.15, -0.1) is 0 Å². The zero-order valence-corrected chi connectivity index (χ0v) is 8.94. The van der Waals surface area contributed by atoms with Crippen molar-refractivity contribution < 1.29 is 17.8 Å². The van der Waals surface area contributed by atoms with Crippen LogP contribution in [-0.4, -0.2) is 25.4 Å². The fourth-order valence-corrected chi connectivity index (χ4v) is 0.991. The van der Waals surface area contributed by atoms with Crippen molar-refractivity contribution in [3.63, 3.8) is 0 Å². The van der Waals surface area contributed by atoms with Gasteiger partial charge in [0.05, 0.1) is 6.26 Å². The maximum Gasteiger partial charge on any atom is 0.261 e. The van der Waals surface area contributed by atoms with Crippen LogP contribution in [0.4, 0.5) is 0 Å². The number of rotatable bonds is 0. The summed E-state index contributed by atoms with van der Waals surface area (Å²) >= 11 is 0. The van der Waals surface area contributed by atoms with Crippen molar-refractivity contribution in [2.24, 2.45) is 5.16 Å². The summed E-state index contributed by atoms with van der Waals surface area (Å²) < 4.78 is 25.9. The van der Waals surface area contributed by atoms with Gasteiger partial charge in [-0.05, 0) is 6.07 Å². The fourth-order valence-electron chi connectivity index (χ4n) is 0.991. The highest BCUT2D eigenvalue weighted by molar-refractivity contribution is 7.85. The zero-order chi connectivity index (χ0) is 11.3. The summed E-state index contributed by atoms with van der Waals surface area (Å²) in [5.41, 5.74) is 1.21. The Kier molecular flexibility index (Phi) is 3.81. The second kappa shape index (κ2) is 4.90. The molecule has 0 saturated heterocycles. The van der Waals surface area contributed by atoms with Crippen LogP contribution in [0.25, 0.3) is 0 Å². The van der Waals surface area contributed by atoms with Gasteiger partial charge in [-0.25, -0.2) is 0 Å². The van der Waals surface area contributed by atoms with E-state index in [9.17, 15) is 8.42 Å². The minimum Gasteiger partial charge on any atom is -0.357 e. The normalized spacial score (nSPS) is 13.2. The van der Waals surface area contributed by atoms with Gasteiger partial charge in [-0.1, -0.05) is 23.4 Å². The Balaban J connectivity index is 0.000000195. The van der Waals surface area contributed by atoms with Gasteiger partial charge in [-0.2, -0.15) is 8.42 Å². The molecule has 1 aliphatic heterocycles. The van der Waals surface area contributed by atoms with E-state index in [0.717, 1.165) is 12.2 Å². The molecule has 0 amide bonds. The summed E-state index contributed by atoms with van der Waals surface area (Å²) in [5, 5.41) is 3.69. The first kappa shape index (κ1) is 11.7. The Labute approximate surface area is 88.1 Å². The van der Waals surface area contributed by atoms with E-state index in [1.54, 1.807) is 6.21 Å². The predicted molar refractivity (Wildman–Crippen MR) is 56.7 cm³/mol. The standard InChI is InChI=1S/C8H7NO.CH4O3S/c1-2-4-8-7(3-1)5-6-9-10-8;1-5(2,3)4/h1-4,6H,5H2;1H3,(H,2,3,4). The van der Waals surface area contributed by atoms with Gasteiger partial charge in [0.2, 0.25) is 0 Å². The number of hydrogen-bond acceptors (Lipinski definition) is 4. The summed E-state index contributed by atoms with van der Waals surface area (Å²) in [4.78, 5) is 4.99. The minimum absolute atomic E-state index is 0.715. The van der Waals surface area contributed by atoms with E-state index in [4.69, 9.17) is 9.39 Å². The highest BCUT2D eigenvalue weighted by atomic mass is 32.2. The summed E-state index contributed by atoms with van der Waals surface area (Å²) in [6.07, 6.45) is 3.37. The van der Waals surface area contributed by atoms with Gasteiger partial charge in [0.1, 0.15) is 0 Å². The van der Waals surface area contributed by atoms with E-state index in [0.29, 0.717) is 6.26 Å². The molecule has 0 saturated carbocycles. The van der Waals surface area contributed by atoms with E-state index >= 15 is 0 Å². The summed E-state index contributed by atoms with van der Waals surface area (Å²) in [5.74, 6) is 0.880. The number of oxime groups is 1. The van der Waals surface area contributed by atoms with E-state index in [-0.39, 0.29) is 0 Å². The molecule has 0 unspecified atom stereocenters. The molecule has 2 rings (SSSR count). The van der Waals surface area contributed by atoms with Crippen LogP contribution >= 0.6 is 0 Å². The smallest absolute Gasteiger partial charge is 0.261 e. The van der Waals surface area contributed by atoms with E-state index in [2.05, 4.69) is 5.16 Å². The first-order chi connectivity index (χ1) is 6.97. The van der Waals surface area contributed by atoms with Gasteiger partial charge >= 0.3 is 0 Å². The van der Waals surface area contributed by atoms with Gasteiger partial charge in [0.15, 0.2) is 5.75 Å². The molecular weight excluding hydrogens is 218 g/mol. The first-order valence-electron chi connectivity index (χ1n) is 4.16. The van der Waals surface area contributed by atoms with Gasteiger partial charge in [0, 0.05) is 18.2 Å². The number of benzene rings is 1. The lowest BCUT2D eigenvalue weighted by atomic mass is 10.1. The monoisotopic (exact) mass is 229 g/mol. The lowest BCUT2D eigenvalue weighted by molar-refractivity contribution is 0.334. The highest BCUT2D eigenvalue weighted by Gasteiger charge is 2.04. The van der Waals surface area contributed by atoms with Crippen LogP contribution in [0.2, 0.25) is 0 Å². The molecule has 1 heterocycles. The first-order valence-corrected chi connectivity index (χ1v) is 6.01. The molecule has 5 nitrogen and oxygen atoms in total. The van der Waals surface area contributed by atoms with Crippen molar-refractivity contribution in [1.82, 2.24) is 0 Å². The molecular formula is C9H11NO4S. The molecule has 1 aliphatic rings. The van der Waals surface area contributed by atoms with Crippen molar-refractivity contribution in [3.05, 3.63) is 29.8 Å². The topological polar surface area (TPSA) is 76.0 Å². The van der Waals surface area contributed by atoms with Crippen LogP contribution in [0.1, 0.15) is 5.56 Å². The fraction of sp³-hybridized carbons (Fsp3) is 0.222. The Hall–Kier alpha value is -1.40. The van der Waals surface area contributed by atoms with E-state index in [1.165, 1.54) is 5.56 Å². The van der Waals surface area contributed by atoms with Crippen LogP contribution in [0.15, 0.2) is 29.4 Å². The molecule has 0 bridgehead atoms. The second-order valence-electron chi connectivity index (χ2n) is 2.92. The molecule has 1 N–H and O–H groups in total. The molecule has 0 spiro atoms. The lowest BCUT2D eigenvalue weighted by Gasteiger charge is -2.07. The largest absolute Gasteiger partial charge is 0.357 e. The van der Waals surface area contributed by atoms with E-state index in [1.807, 2.05) is 24.3 Å². The molecule has 82 valence electrons. The van der Waals surface area contributed by atoms with Crippen LogP contribution in [0.3, 0.4) is 0 Å². The molecule has 1 aromatic rings. The molecule has 0 aromatic heterocycles. The Morgan fingerprint density at radius 3 is 2.60 bits per heavy atom. The number of fused-ring (bicyclic) bond motifs is 1. The average molecular weight is 229 g/mol. The van der Waals surface area contributed by atoms with Crippen LogP contribution < -0.4 is 4.84 Å². The maximum atomic E-state index is 9.19. The number of para-hydroxylation sites is 1. The predicted octanol–water partition coefficient (Wildman–Crippen LogP) is 1.11. The zero-order valence-electron chi connectivity index (χ0n) is 8.12. The SMILES string of the molecule is C1=NOc2ccccc2C1.CS(=O)(=O)O. The third-order valence-electron chi connectivity index (χ3n) is 1.51. The van der Waals surface area contributed by atoms with Gasteiger partial charge in [-0.3, -0.25) is 4.55 Å². The van der Waals surface area contributed by atoms with Gasteiger partial charge < -0.3 is 4.84 Å². The molecule has 15 heavy (non-hydrogen) atoms. The van der Waals surface area contributed by atoms with Crippen LogP contribution in [0.5, 0.6) is 5.75 Å². The summed E-state index contributed by atoms with van der Waals surface area (Å²) in [6, 6.07) is 7.91. The van der Waals surface area contributed by atoms with Crippen molar-refractivity contribution in [2.75, 3.05) is 6.26 Å². The molecule has 0 radical (unpaired) electrons. The average Bonchev–Trinajstić information content (AvgIpc) is 2.16.